The molecule has 1 saturated heterocycles. The van der Waals surface area contributed by atoms with Crippen LogP contribution in [0.5, 0.6) is 11.5 Å². The van der Waals surface area contributed by atoms with E-state index in [1.54, 1.807) is 65.6 Å². The molecule has 2 amide bonds. The molecule has 0 spiro atoms. The molecule has 228 valence electrons. The summed E-state index contributed by atoms with van der Waals surface area (Å²) in [4.78, 5) is 27.8. The van der Waals surface area contributed by atoms with Crippen molar-refractivity contribution in [2.45, 2.75) is 16.7 Å². The monoisotopic (exact) mass is 626 g/mol. The molecule has 13 heteroatoms. The fraction of sp³-hybridized carbons (Fsp3) is 0.300. The Morgan fingerprint density at radius 3 is 2.23 bits per heavy atom. The second kappa shape index (κ2) is 15.4. The Kier molecular flexibility index (Phi) is 11.4. The number of ether oxygens (including phenoxy) is 3. The van der Waals surface area contributed by atoms with Gasteiger partial charge in [-0.2, -0.15) is 5.10 Å². The van der Waals surface area contributed by atoms with E-state index in [4.69, 9.17) is 14.2 Å². The minimum Gasteiger partial charge on any atom is -0.494 e. The standard InChI is InChI=1S/C30H34N4O7S2/c1-3-40-25-10-6-24(7-11-25)34(43(37,38)28-14-12-27(42-2)13-15-28)21-29(35)32-31-20-23-4-8-26(9-5-23)41-22-30(36)33-16-18-39-19-17-33/h4-15,20H,3,16-19,21-22H2,1-2H3,(H,32,35)/b31-20-. The zero-order valence-electron chi connectivity index (χ0n) is 24.0. The number of hydrazone groups is 1. The fourth-order valence-corrected chi connectivity index (χ4v) is 5.94. The van der Waals surface area contributed by atoms with Gasteiger partial charge < -0.3 is 19.1 Å². The van der Waals surface area contributed by atoms with Gasteiger partial charge in [-0.15, -0.1) is 11.8 Å². The van der Waals surface area contributed by atoms with E-state index in [2.05, 4.69) is 10.5 Å². The van der Waals surface area contributed by atoms with Crippen LogP contribution in [-0.4, -0.2) is 83.7 Å². The highest BCUT2D eigenvalue weighted by molar-refractivity contribution is 7.98. The molecule has 11 nitrogen and oxygen atoms in total. The predicted molar refractivity (Wildman–Crippen MR) is 165 cm³/mol. The van der Waals surface area contributed by atoms with Gasteiger partial charge in [0.15, 0.2) is 6.61 Å². The lowest BCUT2D eigenvalue weighted by molar-refractivity contribution is -0.137. The third-order valence-corrected chi connectivity index (χ3v) is 8.91. The maximum atomic E-state index is 13.6. The van der Waals surface area contributed by atoms with Crippen molar-refractivity contribution in [2.24, 2.45) is 5.10 Å². The van der Waals surface area contributed by atoms with E-state index >= 15 is 0 Å². The van der Waals surface area contributed by atoms with Crippen LogP contribution in [-0.2, 0) is 24.3 Å². The third-order valence-electron chi connectivity index (χ3n) is 6.38. The molecule has 1 fully saturated rings. The molecule has 1 heterocycles. The Bertz CT molecular complexity index is 1490. The van der Waals surface area contributed by atoms with E-state index in [9.17, 15) is 18.0 Å². The molecule has 0 atom stereocenters. The summed E-state index contributed by atoms with van der Waals surface area (Å²) in [5, 5.41) is 3.99. The van der Waals surface area contributed by atoms with Gasteiger partial charge in [0.1, 0.15) is 18.0 Å². The van der Waals surface area contributed by atoms with Gasteiger partial charge in [0, 0.05) is 18.0 Å². The Morgan fingerprint density at radius 1 is 0.977 bits per heavy atom. The number of carbonyl (C=O) groups is 2. The van der Waals surface area contributed by atoms with Gasteiger partial charge in [0.2, 0.25) is 0 Å². The number of nitrogens with one attached hydrogen (secondary N) is 1. The van der Waals surface area contributed by atoms with Crippen LogP contribution in [0.3, 0.4) is 0 Å². The van der Waals surface area contributed by atoms with Gasteiger partial charge in [-0.25, -0.2) is 13.8 Å². The van der Waals surface area contributed by atoms with Crippen molar-refractivity contribution in [3.8, 4) is 11.5 Å². The first-order valence-electron chi connectivity index (χ1n) is 13.6. The van der Waals surface area contributed by atoms with Crippen molar-refractivity contribution in [1.29, 1.82) is 0 Å². The molecular weight excluding hydrogens is 592 g/mol. The zero-order chi connectivity index (χ0) is 30.7. The summed E-state index contributed by atoms with van der Waals surface area (Å²) in [5.74, 6) is 0.373. The van der Waals surface area contributed by atoms with Crippen LogP contribution in [0.25, 0.3) is 0 Å². The summed E-state index contributed by atoms with van der Waals surface area (Å²) in [6, 6.07) is 19.8. The van der Waals surface area contributed by atoms with Crippen molar-refractivity contribution < 1.29 is 32.2 Å². The molecule has 3 aromatic carbocycles. The maximum Gasteiger partial charge on any atom is 0.264 e. The molecule has 0 aliphatic carbocycles. The first-order chi connectivity index (χ1) is 20.8. The molecular formula is C30H34N4O7S2. The predicted octanol–water partition coefficient (Wildman–Crippen LogP) is 3.39. The average Bonchev–Trinajstić information content (AvgIpc) is 3.04. The van der Waals surface area contributed by atoms with E-state index in [-0.39, 0.29) is 17.4 Å². The highest BCUT2D eigenvalue weighted by Crippen LogP contribution is 2.27. The lowest BCUT2D eigenvalue weighted by atomic mass is 10.2. The Morgan fingerprint density at radius 2 is 1.60 bits per heavy atom. The Hall–Kier alpha value is -4.07. The van der Waals surface area contributed by atoms with E-state index in [0.29, 0.717) is 55.7 Å². The number of thioether (sulfide) groups is 1. The molecule has 0 radical (unpaired) electrons. The molecule has 0 bridgehead atoms. The van der Waals surface area contributed by atoms with Crippen molar-refractivity contribution in [2.75, 3.05) is 56.6 Å². The van der Waals surface area contributed by atoms with Crippen LogP contribution in [0.4, 0.5) is 5.69 Å². The minimum absolute atomic E-state index is 0.0597. The van der Waals surface area contributed by atoms with Gasteiger partial charge >= 0.3 is 0 Å². The minimum atomic E-state index is -4.08. The number of morpholine rings is 1. The van der Waals surface area contributed by atoms with Gasteiger partial charge in [0.05, 0.1) is 36.6 Å². The molecule has 1 N–H and O–H groups in total. The van der Waals surface area contributed by atoms with Crippen LogP contribution >= 0.6 is 11.8 Å². The van der Waals surface area contributed by atoms with E-state index in [0.717, 1.165) is 9.20 Å². The molecule has 43 heavy (non-hydrogen) atoms. The number of hydrogen-bond acceptors (Lipinski definition) is 9. The molecule has 0 unspecified atom stereocenters. The smallest absolute Gasteiger partial charge is 0.264 e. The lowest BCUT2D eigenvalue weighted by Crippen LogP contribution is -2.42. The lowest BCUT2D eigenvalue weighted by Gasteiger charge is -2.26. The van der Waals surface area contributed by atoms with E-state index in [1.807, 2.05) is 13.2 Å². The Labute approximate surface area is 255 Å². The maximum absolute atomic E-state index is 13.6. The second-order valence-corrected chi connectivity index (χ2v) is 12.0. The number of sulfonamides is 1. The highest BCUT2D eigenvalue weighted by atomic mass is 32.2. The van der Waals surface area contributed by atoms with Gasteiger partial charge in [-0.1, -0.05) is 0 Å². The van der Waals surface area contributed by atoms with Crippen molar-refractivity contribution in [3.05, 3.63) is 78.4 Å². The molecule has 1 aliphatic rings. The molecule has 0 aromatic heterocycles. The summed E-state index contributed by atoms with van der Waals surface area (Å²) < 4.78 is 44.6. The van der Waals surface area contributed by atoms with Crippen molar-refractivity contribution in [1.82, 2.24) is 10.3 Å². The number of anilines is 1. The SMILES string of the molecule is CCOc1ccc(N(CC(=O)N/N=C\c2ccc(OCC(=O)N3CCOCC3)cc2)S(=O)(=O)c2ccc(SC)cc2)cc1. The largest absolute Gasteiger partial charge is 0.494 e. The summed E-state index contributed by atoms with van der Waals surface area (Å²) in [7, 11) is -4.08. The van der Waals surface area contributed by atoms with Crippen LogP contribution in [0.2, 0.25) is 0 Å². The number of amides is 2. The molecule has 4 rings (SSSR count). The van der Waals surface area contributed by atoms with Gasteiger partial charge in [-0.3, -0.25) is 13.9 Å². The number of benzene rings is 3. The molecule has 1 aliphatic heterocycles. The summed E-state index contributed by atoms with van der Waals surface area (Å²) in [5.41, 5.74) is 3.37. The van der Waals surface area contributed by atoms with Crippen LogP contribution < -0.4 is 19.2 Å². The van der Waals surface area contributed by atoms with E-state index in [1.165, 1.54) is 30.1 Å². The topological polar surface area (TPSA) is 127 Å². The van der Waals surface area contributed by atoms with Crippen molar-refractivity contribution in [3.63, 3.8) is 0 Å². The van der Waals surface area contributed by atoms with Crippen LogP contribution in [0.15, 0.2) is 87.7 Å². The number of nitrogens with zero attached hydrogens (tertiary/aromatic N) is 3. The van der Waals surface area contributed by atoms with Gasteiger partial charge in [-0.05, 0) is 91.5 Å². The van der Waals surface area contributed by atoms with Gasteiger partial charge in [0.25, 0.3) is 21.8 Å². The summed E-state index contributed by atoms with van der Waals surface area (Å²) >= 11 is 1.50. The quantitative estimate of drug-likeness (QED) is 0.174. The first kappa shape index (κ1) is 31.9. The summed E-state index contributed by atoms with van der Waals surface area (Å²) in [6.07, 6.45) is 3.33. The fourth-order valence-electron chi connectivity index (χ4n) is 4.11. The van der Waals surface area contributed by atoms with Crippen molar-refractivity contribution >= 4 is 45.5 Å². The number of rotatable bonds is 13. The first-order valence-corrected chi connectivity index (χ1v) is 16.3. The highest BCUT2D eigenvalue weighted by Gasteiger charge is 2.27. The zero-order valence-corrected chi connectivity index (χ0v) is 25.6. The normalized spacial score (nSPS) is 13.5. The summed E-state index contributed by atoms with van der Waals surface area (Å²) in [6.45, 7) is 3.91. The third kappa shape index (κ3) is 8.96. The Balaban J connectivity index is 1.39. The number of carbonyl (C=O) groups excluding carboxylic acids is 2. The second-order valence-electron chi connectivity index (χ2n) is 9.26. The van der Waals surface area contributed by atoms with Crippen LogP contribution in [0, 0.1) is 0 Å². The number of hydrogen-bond donors (Lipinski definition) is 1. The average molecular weight is 627 g/mol. The molecule has 0 saturated carbocycles. The van der Waals surface area contributed by atoms with E-state index < -0.39 is 22.5 Å². The molecule has 3 aromatic rings. The van der Waals surface area contributed by atoms with Crippen LogP contribution in [0.1, 0.15) is 12.5 Å².